The Balaban J connectivity index is 1.90. The van der Waals surface area contributed by atoms with E-state index in [9.17, 15) is 4.79 Å². The van der Waals surface area contributed by atoms with Crippen LogP contribution >= 0.6 is 11.6 Å². The second kappa shape index (κ2) is 9.09. The maximum atomic E-state index is 12.6. The number of nitrogens with zero attached hydrogens (tertiary/aromatic N) is 1. The highest BCUT2D eigenvalue weighted by molar-refractivity contribution is 6.30. The van der Waals surface area contributed by atoms with Gasteiger partial charge in [-0.2, -0.15) is 0 Å². The van der Waals surface area contributed by atoms with E-state index in [1.165, 1.54) is 16.5 Å². The van der Waals surface area contributed by atoms with Crippen LogP contribution in [0.5, 0.6) is 0 Å². The summed E-state index contributed by atoms with van der Waals surface area (Å²) in [5.41, 5.74) is 3.47. The van der Waals surface area contributed by atoms with Gasteiger partial charge in [0.05, 0.1) is 0 Å². The fourth-order valence-corrected chi connectivity index (χ4v) is 3.74. The third-order valence-corrected chi connectivity index (χ3v) is 5.32. The van der Waals surface area contributed by atoms with Crippen molar-refractivity contribution in [3.05, 3.63) is 70.9 Å². The SMILES string of the molecule is CCCCCNC(=O)C[C@H](c1ccc(Cl)cc1)c1cn(C)c2ccccc12. The molecule has 0 aliphatic rings. The molecule has 0 unspecified atom stereocenters. The summed E-state index contributed by atoms with van der Waals surface area (Å²) in [5, 5.41) is 4.98. The van der Waals surface area contributed by atoms with Gasteiger partial charge in [0.25, 0.3) is 0 Å². The maximum Gasteiger partial charge on any atom is 0.220 e. The van der Waals surface area contributed by atoms with Gasteiger partial charge in [0.2, 0.25) is 5.91 Å². The van der Waals surface area contributed by atoms with Crippen LogP contribution in [0.3, 0.4) is 0 Å². The monoisotopic (exact) mass is 382 g/mol. The molecule has 0 bridgehead atoms. The van der Waals surface area contributed by atoms with Crippen molar-refractivity contribution < 1.29 is 4.79 Å². The molecule has 27 heavy (non-hydrogen) atoms. The van der Waals surface area contributed by atoms with Crippen LogP contribution in [0.25, 0.3) is 10.9 Å². The molecule has 1 N–H and O–H groups in total. The van der Waals surface area contributed by atoms with Crippen molar-refractivity contribution in [2.45, 2.75) is 38.5 Å². The molecular weight excluding hydrogens is 356 g/mol. The molecule has 1 heterocycles. The first kappa shape index (κ1) is 19.5. The number of para-hydroxylation sites is 1. The van der Waals surface area contributed by atoms with E-state index in [1.807, 2.05) is 30.3 Å². The van der Waals surface area contributed by atoms with Gasteiger partial charge in [-0.1, -0.05) is 61.7 Å². The van der Waals surface area contributed by atoms with E-state index in [-0.39, 0.29) is 11.8 Å². The Kier molecular flexibility index (Phi) is 6.57. The van der Waals surface area contributed by atoms with Crippen LogP contribution in [0.2, 0.25) is 5.02 Å². The molecule has 0 radical (unpaired) electrons. The van der Waals surface area contributed by atoms with Crippen molar-refractivity contribution in [2.24, 2.45) is 7.05 Å². The summed E-state index contributed by atoms with van der Waals surface area (Å²) in [6, 6.07) is 16.2. The summed E-state index contributed by atoms with van der Waals surface area (Å²) in [4.78, 5) is 12.6. The Morgan fingerprint density at radius 3 is 2.59 bits per heavy atom. The molecule has 4 heteroatoms. The zero-order valence-electron chi connectivity index (χ0n) is 16.0. The summed E-state index contributed by atoms with van der Waals surface area (Å²) in [6.45, 7) is 2.91. The molecule has 2 aromatic carbocycles. The van der Waals surface area contributed by atoms with E-state index in [4.69, 9.17) is 11.6 Å². The number of fused-ring (bicyclic) bond motifs is 1. The van der Waals surface area contributed by atoms with Gasteiger partial charge in [0, 0.05) is 48.1 Å². The highest BCUT2D eigenvalue weighted by Gasteiger charge is 2.22. The lowest BCUT2D eigenvalue weighted by molar-refractivity contribution is -0.121. The van der Waals surface area contributed by atoms with Crippen LogP contribution in [0, 0.1) is 0 Å². The van der Waals surface area contributed by atoms with Gasteiger partial charge in [0.15, 0.2) is 0 Å². The van der Waals surface area contributed by atoms with E-state index in [0.717, 1.165) is 31.4 Å². The zero-order chi connectivity index (χ0) is 19.2. The number of aryl methyl sites for hydroxylation is 1. The zero-order valence-corrected chi connectivity index (χ0v) is 16.8. The Morgan fingerprint density at radius 1 is 1.11 bits per heavy atom. The smallest absolute Gasteiger partial charge is 0.220 e. The number of rotatable bonds is 8. The maximum absolute atomic E-state index is 12.6. The summed E-state index contributed by atoms with van der Waals surface area (Å²) in [7, 11) is 2.05. The fourth-order valence-electron chi connectivity index (χ4n) is 3.61. The van der Waals surface area contributed by atoms with Crippen molar-refractivity contribution in [3.63, 3.8) is 0 Å². The summed E-state index contributed by atoms with van der Waals surface area (Å²) >= 11 is 6.08. The molecule has 142 valence electrons. The Morgan fingerprint density at radius 2 is 1.85 bits per heavy atom. The molecular formula is C23H27ClN2O. The number of carbonyl (C=O) groups is 1. The van der Waals surface area contributed by atoms with Crippen LogP contribution in [0.1, 0.15) is 49.7 Å². The number of nitrogens with one attached hydrogen (secondary N) is 1. The molecule has 0 aliphatic heterocycles. The number of carbonyl (C=O) groups excluding carboxylic acids is 1. The minimum atomic E-state index is -0.000424. The Labute approximate surface area is 166 Å². The number of benzene rings is 2. The van der Waals surface area contributed by atoms with Crippen LogP contribution in [0.15, 0.2) is 54.7 Å². The normalized spacial score (nSPS) is 12.3. The number of unbranched alkanes of at least 4 members (excludes halogenated alkanes) is 2. The predicted octanol–water partition coefficient (Wildman–Crippen LogP) is 5.66. The van der Waals surface area contributed by atoms with E-state index in [2.05, 4.69) is 48.3 Å². The van der Waals surface area contributed by atoms with Gasteiger partial charge in [0.1, 0.15) is 0 Å². The second-order valence-corrected chi connectivity index (χ2v) is 7.51. The molecule has 1 atom stereocenters. The molecule has 3 nitrogen and oxygen atoms in total. The first-order valence-electron chi connectivity index (χ1n) is 9.66. The lowest BCUT2D eigenvalue weighted by atomic mass is 9.88. The van der Waals surface area contributed by atoms with Crippen molar-refractivity contribution in [2.75, 3.05) is 6.54 Å². The van der Waals surface area contributed by atoms with E-state index >= 15 is 0 Å². The van der Waals surface area contributed by atoms with Gasteiger partial charge in [-0.3, -0.25) is 4.79 Å². The van der Waals surface area contributed by atoms with Gasteiger partial charge < -0.3 is 9.88 Å². The Bertz CT molecular complexity index is 898. The van der Waals surface area contributed by atoms with Crippen LogP contribution in [-0.4, -0.2) is 17.0 Å². The highest BCUT2D eigenvalue weighted by atomic mass is 35.5. The molecule has 0 saturated carbocycles. The molecule has 0 fully saturated rings. The third-order valence-electron chi connectivity index (χ3n) is 5.07. The molecule has 0 saturated heterocycles. The van der Waals surface area contributed by atoms with Crippen molar-refractivity contribution in [3.8, 4) is 0 Å². The average Bonchev–Trinajstić information content (AvgIpc) is 3.01. The van der Waals surface area contributed by atoms with E-state index in [0.29, 0.717) is 11.4 Å². The minimum Gasteiger partial charge on any atom is -0.356 e. The predicted molar refractivity (Wildman–Crippen MR) is 113 cm³/mol. The van der Waals surface area contributed by atoms with Crippen molar-refractivity contribution in [1.29, 1.82) is 0 Å². The lowest BCUT2D eigenvalue weighted by Gasteiger charge is -2.17. The van der Waals surface area contributed by atoms with Crippen molar-refractivity contribution >= 4 is 28.4 Å². The minimum absolute atomic E-state index is 0.000424. The van der Waals surface area contributed by atoms with E-state index < -0.39 is 0 Å². The molecule has 1 aromatic heterocycles. The number of hydrogen-bond donors (Lipinski definition) is 1. The average molecular weight is 383 g/mol. The fraction of sp³-hybridized carbons (Fsp3) is 0.348. The van der Waals surface area contributed by atoms with Crippen LogP contribution in [0.4, 0.5) is 0 Å². The van der Waals surface area contributed by atoms with Crippen LogP contribution < -0.4 is 5.32 Å². The molecule has 1 amide bonds. The van der Waals surface area contributed by atoms with Gasteiger partial charge in [-0.15, -0.1) is 0 Å². The second-order valence-electron chi connectivity index (χ2n) is 7.08. The standard InChI is InChI=1S/C23H27ClN2O/c1-3-4-7-14-25-23(27)15-20(17-10-12-18(24)13-11-17)21-16-26(2)22-9-6-5-8-19(21)22/h5-6,8-13,16,20H,3-4,7,14-15H2,1-2H3,(H,25,27)/t20-/m1/s1. The quantitative estimate of drug-likeness (QED) is 0.501. The van der Waals surface area contributed by atoms with Crippen LogP contribution in [-0.2, 0) is 11.8 Å². The molecule has 3 rings (SSSR count). The largest absolute Gasteiger partial charge is 0.356 e. The summed E-state index contributed by atoms with van der Waals surface area (Å²) < 4.78 is 2.13. The third kappa shape index (κ3) is 4.72. The highest BCUT2D eigenvalue weighted by Crippen LogP contribution is 2.34. The first-order valence-corrected chi connectivity index (χ1v) is 10.0. The lowest BCUT2D eigenvalue weighted by Crippen LogP contribution is -2.26. The van der Waals surface area contributed by atoms with Gasteiger partial charge in [-0.05, 0) is 35.7 Å². The molecule has 3 aromatic rings. The van der Waals surface area contributed by atoms with Gasteiger partial charge >= 0.3 is 0 Å². The van der Waals surface area contributed by atoms with E-state index in [1.54, 1.807) is 0 Å². The number of hydrogen-bond acceptors (Lipinski definition) is 1. The topological polar surface area (TPSA) is 34.0 Å². The molecule has 0 aliphatic carbocycles. The van der Waals surface area contributed by atoms with Gasteiger partial charge in [-0.25, -0.2) is 0 Å². The Hall–Kier alpha value is -2.26. The molecule has 0 spiro atoms. The summed E-state index contributed by atoms with van der Waals surface area (Å²) in [6.07, 6.45) is 5.90. The summed E-state index contributed by atoms with van der Waals surface area (Å²) in [5.74, 6) is 0.0959. The number of halogens is 1. The number of aromatic nitrogens is 1. The van der Waals surface area contributed by atoms with Crippen molar-refractivity contribution in [1.82, 2.24) is 9.88 Å². The number of amides is 1. The first-order chi connectivity index (χ1) is 13.1.